The third-order valence-electron chi connectivity index (χ3n) is 6.93. The minimum absolute atomic E-state index is 0.287. The number of fused-ring (bicyclic) bond motifs is 2. The van der Waals surface area contributed by atoms with Crippen molar-refractivity contribution >= 4 is 26.8 Å². The van der Waals surface area contributed by atoms with Gasteiger partial charge in [0.25, 0.3) is 5.91 Å². The van der Waals surface area contributed by atoms with E-state index in [-0.39, 0.29) is 5.25 Å². The van der Waals surface area contributed by atoms with Gasteiger partial charge in [0.1, 0.15) is 5.69 Å². The highest BCUT2D eigenvalue weighted by Crippen LogP contribution is 2.54. The van der Waals surface area contributed by atoms with Crippen molar-refractivity contribution in [2.45, 2.75) is 31.1 Å². The van der Waals surface area contributed by atoms with Crippen LogP contribution in [0.5, 0.6) is 0 Å². The zero-order chi connectivity index (χ0) is 20.2. The Bertz CT molecular complexity index is 1030. The van der Waals surface area contributed by atoms with Crippen LogP contribution < -0.4 is 5.73 Å². The first-order valence-electron chi connectivity index (χ1n) is 10.3. The van der Waals surface area contributed by atoms with Crippen LogP contribution in [0.15, 0.2) is 24.5 Å². The average molecular weight is 419 g/mol. The number of pyridine rings is 1. The van der Waals surface area contributed by atoms with Gasteiger partial charge in [-0.05, 0) is 49.1 Å². The van der Waals surface area contributed by atoms with Crippen LogP contribution in [-0.2, 0) is 21.3 Å². The Balaban J connectivity index is 1.23. The lowest BCUT2D eigenvalue weighted by Crippen LogP contribution is -2.41. The molecular formula is C20H26N4O4S. The second-order valence-corrected chi connectivity index (χ2v) is 10.6. The monoisotopic (exact) mass is 418 g/mol. The fourth-order valence-corrected chi connectivity index (χ4v) is 7.24. The second-order valence-electron chi connectivity index (χ2n) is 8.43. The third kappa shape index (κ3) is 3.25. The fraction of sp³-hybridized carbons (Fsp3) is 0.600. The number of primary amides is 1. The summed E-state index contributed by atoms with van der Waals surface area (Å²) in [6.07, 6.45) is 5.58. The summed E-state index contributed by atoms with van der Waals surface area (Å²) < 4.78 is 34.8. The van der Waals surface area contributed by atoms with Crippen LogP contribution in [0.1, 0.15) is 29.8 Å². The van der Waals surface area contributed by atoms with Crippen LogP contribution in [-0.4, -0.2) is 59.7 Å². The summed E-state index contributed by atoms with van der Waals surface area (Å²) in [7, 11) is -3.21. The predicted molar refractivity (Wildman–Crippen MR) is 108 cm³/mol. The summed E-state index contributed by atoms with van der Waals surface area (Å²) >= 11 is 0. The number of sulfonamides is 1. The van der Waals surface area contributed by atoms with Crippen molar-refractivity contribution in [3.8, 4) is 0 Å². The standard InChI is InChI=1S/C20H26N4O4S/c21-20(25)19-9-13-10-22-5-1-18(13)24(19)6-2-15-16-11-23(12-17(15)16)29(26,27)14-3-7-28-8-4-14/h1,5,9-10,14-17H,2-4,6-8,11-12H2,(H2,21,25). The minimum atomic E-state index is -3.21. The fourth-order valence-electron chi connectivity index (χ4n) is 5.27. The molecule has 156 valence electrons. The normalized spacial score (nSPS) is 27.9. The van der Waals surface area contributed by atoms with Crippen LogP contribution in [0, 0.1) is 17.8 Å². The quantitative estimate of drug-likeness (QED) is 0.759. The van der Waals surface area contributed by atoms with E-state index in [1.54, 1.807) is 22.8 Å². The van der Waals surface area contributed by atoms with Crippen LogP contribution in [0.25, 0.3) is 10.9 Å². The Hall–Kier alpha value is -1.97. The highest BCUT2D eigenvalue weighted by Gasteiger charge is 2.57. The lowest BCUT2D eigenvalue weighted by Gasteiger charge is -2.28. The molecule has 3 aliphatic rings. The maximum Gasteiger partial charge on any atom is 0.265 e. The van der Waals surface area contributed by atoms with Gasteiger partial charge in [-0.3, -0.25) is 9.78 Å². The molecule has 2 aromatic rings. The van der Waals surface area contributed by atoms with Crippen LogP contribution in [0.2, 0.25) is 0 Å². The molecule has 1 amide bonds. The first-order chi connectivity index (χ1) is 14.0. The highest BCUT2D eigenvalue weighted by atomic mass is 32.2. The van der Waals surface area contributed by atoms with Crippen LogP contribution in [0.3, 0.4) is 0 Å². The van der Waals surface area contributed by atoms with Crippen molar-refractivity contribution in [2.75, 3.05) is 26.3 Å². The predicted octanol–water partition coefficient (Wildman–Crippen LogP) is 1.21. The van der Waals surface area contributed by atoms with Crippen LogP contribution in [0.4, 0.5) is 0 Å². The van der Waals surface area contributed by atoms with Crippen molar-refractivity contribution < 1.29 is 17.9 Å². The van der Waals surface area contributed by atoms with E-state index in [0.717, 1.165) is 17.3 Å². The van der Waals surface area contributed by atoms with Gasteiger partial charge in [0.2, 0.25) is 10.0 Å². The zero-order valence-electron chi connectivity index (χ0n) is 16.2. The van der Waals surface area contributed by atoms with E-state index in [2.05, 4.69) is 4.98 Å². The molecule has 2 aromatic heterocycles. The van der Waals surface area contributed by atoms with Crippen molar-refractivity contribution in [3.05, 3.63) is 30.2 Å². The molecule has 2 aliphatic heterocycles. The van der Waals surface area contributed by atoms with Gasteiger partial charge in [-0.25, -0.2) is 12.7 Å². The average Bonchev–Trinajstić information content (AvgIpc) is 3.08. The third-order valence-corrected chi connectivity index (χ3v) is 9.26. The largest absolute Gasteiger partial charge is 0.381 e. The van der Waals surface area contributed by atoms with E-state index in [1.807, 2.05) is 10.6 Å². The van der Waals surface area contributed by atoms with E-state index >= 15 is 0 Å². The van der Waals surface area contributed by atoms with Gasteiger partial charge in [-0.15, -0.1) is 0 Å². The van der Waals surface area contributed by atoms with Crippen molar-refractivity contribution in [1.29, 1.82) is 0 Å². The Morgan fingerprint density at radius 1 is 1.24 bits per heavy atom. The van der Waals surface area contributed by atoms with E-state index in [9.17, 15) is 13.2 Å². The van der Waals surface area contributed by atoms with Gasteiger partial charge in [-0.2, -0.15) is 0 Å². The van der Waals surface area contributed by atoms with Crippen molar-refractivity contribution in [2.24, 2.45) is 23.5 Å². The van der Waals surface area contributed by atoms with Crippen molar-refractivity contribution in [1.82, 2.24) is 13.9 Å². The number of aryl methyl sites for hydroxylation is 1. The molecular weight excluding hydrogens is 392 g/mol. The summed E-state index contributed by atoms with van der Waals surface area (Å²) in [5.74, 6) is 0.942. The minimum Gasteiger partial charge on any atom is -0.381 e. The number of nitrogens with two attached hydrogens (primary N) is 1. The number of nitrogens with zero attached hydrogens (tertiary/aromatic N) is 3. The molecule has 2 saturated heterocycles. The van der Waals surface area contributed by atoms with Gasteiger partial charge in [0.15, 0.2) is 0 Å². The maximum absolute atomic E-state index is 12.9. The molecule has 0 spiro atoms. The number of aromatic nitrogens is 2. The number of amides is 1. The van der Waals surface area contributed by atoms with E-state index < -0.39 is 15.9 Å². The molecule has 9 heteroatoms. The molecule has 8 nitrogen and oxygen atoms in total. The van der Waals surface area contributed by atoms with Gasteiger partial charge >= 0.3 is 0 Å². The Kier molecular flexibility index (Phi) is 4.64. The number of carbonyl (C=O) groups excluding carboxylic acids is 1. The lowest BCUT2D eigenvalue weighted by atomic mass is 10.2. The Morgan fingerprint density at radius 2 is 1.97 bits per heavy atom. The molecule has 1 aliphatic carbocycles. The molecule has 0 radical (unpaired) electrons. The van der Waals surface area contributed by atoms with Gasteiger partial charge in [0, 0.05) is 50.6 Å². The summed E-state index contributed by atoms with van der Waals surface area (Å²) in [6.45, 7) is 3.05. The molecule has 2 atom stereocenters. The molecule has 4 heterocycles. The molecule has 2 N–H and O–H groups in total. The smallest absolute Gasteiger partial charge is 0.265 e. The van der Waals surface area contributed by atoms with Gasteiger partial charge in [-0.1, -0.05) is 0 Å². The Labute approximate surface area is 170 Å². The van der Waals surface area contributed by atoms with E-state index in [1.165, 1.54) is 0 Å². The van der Waals surface area contributed by atoms with Gasteiger partial charge < -0.3 is 15.0 Å². The molecule has 2 unspecified atom stereocenters. The summed E-state index contributed by atoms with van der Waals surface area (Å²) in [5, 5.41) is 0.621. The second kappa shape index (κ2) is 7.07. The summed E-state index contributed by atoms with van der Waals surface area (Å²) in [5.41, 5.74) is 7.03. The first kappa shape index (κ1) is 19.0. The summed E-state index contributed by atoms with van der Waals surface area (Å²) in [4.78, 5) is 16.0. The number of carbonyl (C=O) groups is 1. The number of hydrogen-bond acceptors (Lipinski definition) is 5. The molecule has 29 heavy (non-hydrogen) atoms. The van der Waals surface area contributed by atoms with E-state index in [0.29, 0.717) is 69.1 Å². The molecule has 0 aromatic carbocycles. The van der Waals surface area contributed by atoms with Gasteiger partial charge in [0.05, 0.1) is 10.8 Å². The number of piperidine rings is 1. The number of ether oxygens (including phenoxy) is 1. The highest BCUT2D eigenvalue weighted by molar-refractivity contribution is 7.89. The molecule has 1 saturated carbocycles. The number of hydrogen-bond donors (Lipinski definition) is 1. The molecule has 0 bridgehead atoms. The zero-order valence-corrected chi connectivity index (χ0v) is 17.1. The molecule has 3 fully saturated rings. The Morgan fingerprint density at radius 3 is 2.66 bits per heavy atom. The SMILES string of the molecule is NC(=O)c1cc2cnccc2n1CCC1C2CN(S(=O)(=O)C3CCOCC3)CC12. The number of rotatable bonds is 6. The van der Waals surface area contributed by atoms with Crippen molar-refractivity contribution in [3.63, 3.8) is 0 Å². The van der Waals surface area contributed by atoms with Crippen LogP contribution >= 0.6 is 0 Å². The maximum atomic E-state index is 12.9. The molecule has 5 rings (SSSR count). The topological polar surface area (TPSA) is 108 Å². The lowest BCUT2D eigenvalue weighted by molar-refractivity contribution is 0.0972. The van der Waals surface area contributed by atoms with E-state index in [4.69, 9.17) is 10.5 Å². The first-order valence-corrected chi connectivity index (χ1v) is 11.8. The summed E-state index contributed by atoms with van der Waals surface area (Å²) in [6, 6.07) is 3.69.